The molecule has 0 bridgehead atoms. The molecule has 22 heavy (non-hydrogen) atoms. The highest BCUT2D eigenvalue weighted by atomic mass is 14.0. The molecular weight excluding hydrogens is 264 g/mol. The predicted octanol–water partition coefficient (Wildman–Crippen LogP) is 7.01. The predicted molar refractivity (Wildman–Crippen MR) is 101 cm³/mol. The third-order valence-electron chi connectivity index (χ3n) is 3.49. The van der Waals surface area contributed by atoms with Crippen LogP contribution in [-0.4, -0.2) is 0 Å². The summed E-state index contributed by atoms with van der Waals surface area (Å²) in [4.78, 5) is 0. The van der Waals surface area contributed by atoms with E-state index in [1.807, 2.05) is 24.3 Å². The first-order valence-corrected chi connectivity index (χ1v) is 8.65. The summed E-state index contributed by atoms with van der Waals surface area (Å²) in [6, 6.07) is 0. The second kappa shape index (κ2) is 15.6. The minimum atomic E-state index is 1.20. The van der Waals surface area contributed by atoms with Crippen molar-refractivity contribution in [1.82, 2.24) is 0 Å². The monoisotopic (exact) mass is 294 g/mol. The molecule has 0 saturated heterocycles. The molecule has 0 heterocycles. The van der Waals surface area contributed by atoms with Crippen molar-refractivity contribution in [1.29, 1.82) is 0 Å². The lowest BCUT2D eigenvalue weighted by Gasteiger charge is -1.99. The van der Waals surface area contributed by atoms with Gasteiger partial charge in [0.25, 0.3) is 0 Å². The normalized spacial score (nSPS) is 18.9. The Morgan fingerprint density at radius 1 is 0.273 bits per heavy atom. The van der Waals surface area contributed by atoms with Crippen LogP contribution >= 0.6 is 0 Å². The Morgan fingerprint density at radius 3 is 0.909 bits per heavy atom. The molecular formula is C22H30. The van der Waals surface area contributed by atoms with Gasteiger partial charge < -0.3 is 0 Å². The van der Waals surface area contributed by atoms with E-state index in [1.165, 1.54) is 51.4 Å². The topological polar surface area (TPSA) is 0 Å². The molecule has 1 aliphatic rings. The second-order valence-corrected chi connectivity index (χ2v) is 5.48. The number of allylic oxidation sites excluding steroid dienone is 14. The van der Waals surface area contributed by atoms with E-state index in [2.05, 4.69) is 60.8 Å². The van der Waals surface area contributed by atoms with Crippen LogP contribution in [0.4, 0.5) is 0 Å². The van der Waals surface area contributed by atoms with E-state index in [-0.39, 0.29) is 0 Å². The molecule has 0 aromatic heterocycles. The maximum Gasteiger partial charge on any atom is -0.0348 e. The van der Waals surface area contributed by atoms with Gasteiger partial charge in [0.2, 0.25) is 0 Å². The van der Waals surface area contributed by atoms with Crippen LogP contribution in [0, 0.1) is 0 Å². The Labute approximate surface area is 137 Å². The summed E-state index contributed by atoms with van der Waals surface area (Å²) in [5, 5.41) is 0. The van der Waals surface area contributed by atoms with Crippen molar-refractivity contribution in [3.8, 4) is 0 Å². The zero-order chi connectivity index (χ0) is 15.6. The highest BCUT2D eigenvalue weighted by Crippen LogP contribution is 2.09. The highest BCUT2D eigenvalue weighted by Gasteiger charge is 1.89. The molecule has 0 heteroatoms. The average molecular weight is 294 g/mol. The molecule has 0 aliphatic heterocycles. The van der Waals surface area contributed by atoms with Crippen LogP contribution in [0.1, 0.15) is 51.4 Å². The first-order chi connectivity index (χ1) is 11.0. The lowest BCUT2D eigenvalue weighted by molar-refractivity contribution is 0.600. The third-order valence-corrected chi connectivity index (χ3v) is 3.49. The summed E-state index contributed by atoms with van der Waals surface area (Å²) in [5.41, 5.74) is 0. The largest absolute Gasteiger partial charge is 0.0845 e. The third kappa shape index (κ3) is 13.2. The van der Waals surface area contributed by atoms with Crippen LogP contribution < -0.4 is 0 Å². The van der Waals surface area contributed by atoms with E-state index < -0.39 is 0 Å². The fourth-order valence-corrected chi connectivity index (χ4v) is 2.22. The summed E-state index contributed by atoms with van der Waals surface area (Å²) in [6.07, 6.45) is 40.0. The summed E-state index contributed by atoms with van der Waals surface area (Å²) < 4.78 is 0. The summed E-state index contributed by atoms with van der Waals surface area (Å²) in [6.45, 7) is 0. The van der Waals surface area contributed by atoms with Crippen LogP contribution in [0.15, 0.2) is 85.1 Å². The molecule has 0 spiro atoms. The van der Waals surface area contributed by atoms with Gasteiger partial charge in [0, 0.05) is 0 Å². The fourth-order valence-electron chi connectivity index (χ4n) is 2.22. The van der Waals surface area contributed by atoms with Gasteiger partial charge in [-0.05, 0) is 25.7 Å². The van der Waals surface area contributed by atoms with Crippen molar-refractivity contribution >= 4 is 0 Å². The van der Waals surface area contributed by atoms with E-state index in [0.29, 0.717) is 0 Å². The molecule has 118 valence electrons. The zero-order valence-corrected chi connectivity index (χ0v) is 13.7. The highest BCUT2D eigenvalue weighted by molar-refractivity contribution is 5.20. The molecule has 0 N–H and O–H groups in total. The summed E-state index contributed by atoms with van der Waals surface area (Å²) >= 11 is 0. The van der Waals surface area contributed by atoms with Gasteiger partial charge in [0.05, 0.1) is 0 Å². The Bertz CT molecular complexity index is 397. The van der Waals surface area contributed by atoms with Gasteiger partial charge in [-0.25, -0.2) is 0 Å². The number of rotatable bonds is 0. The molecule has 0 aromatic carbocycles. The van der Waals surface area contributed by atoms with Gasteiger partial charge in [-0.2, -0.15) is 0 Å². The zero-order valence-electron chi connectivity index (χ0n) is 13.7. The van der Waals surface area contributed by atoms with Gasteiger partial charge >= 0.3 is 0 Å². The van der Waals surface area contributed by atoms with Crippen molar-refractivity contribution in [3.05, 3.63) is 85.1 Å². The molecule has 0 radical (unpaired) electrons. The van der Waals surface area contributed by atoms with Crippen LogP contribution in [0.3, 0.4) is 0 Å². The second-order valence-electron chi connectivity index (χ2n) is 5.48. The van der Waals surface area contributed by atoms with E-state index in [9.17, 15) is 0 Å². The standard InChI is InChI=1S/C22H30/c1-2-4-6-8-10-12-14-16-18-20-22-21-19-17-15-13-11-9-7-5-3-1/h1-14H,15-22H2. The molecule has 1 aliphatic carbocycles. The van der Waals surface area contributed by atoms with Crippen molar-refractivity contribution in [2.45, 2.75) is 51.4 Å². The molecule has 0 saturated carbocycles. The molecule has 0 amide bonds. The molecule has 0 atom stereocenters. The molecule has 1 rings (SSSR count). The van der Waals surface area contributed by atoms with Crippen molar-refractivity contribution in [3.63, 3.8) is 0 Å². The number of hydrogen-bond donors (Lipinski definition) is 0. The molecule has 0 unspecified atom stereocenters. The smallest absolute Gasteiger partial charge is 0.0348 e. The lowest BCUT2D eigenvalue weighted by Crippen LogP contribution is -1.79. The van der Waals surface area contributed by atoms with Gasteiger partial charge in [-0.15, -0.1) is 0 Å². The first-order valence-electron chi connectivity index (χ1n) is 8.65. The Hall–Kier alpha value is -1.82. The van der Waals surface area contributed by atoms with Gasteiger partial charge in [0.15, 0.2) is 0 Å². The summed E-state index contributed by atoms with van der Waals surface area (Å²) in [5.74, 6) is 0. The minimum Gasteiger partial charge on any atom is -0.0845 e. The van der Waals surface area contributed by atoms with Crippen molar-refractivity contribution < 1.29 is 0 Å². The van der Waals surface area contributed by atoms with E-state index in [4.69, 9.17) is 0 Å². The Kier molecular flexibility index (Phi) is 12.9. The first kappa shape index (κ1) is 18.2. The van der Waals surface area contributed by atoms with Crippen molar-refractivity contribution in [2.75, 3.05) is 0 Å². The maximum atomic E-state index is 2.27. The Balaban J connectivity index is 2.40. The fraction of sp³-hybridized carbons (Fsp3) is 0.364. The van der Waals surface area contributed by atoms with E-state index in [1.54, 1.807) is 0 Å². The maximum absolute atomic E-state index is 2.27. The van der Waals surface area contributed by atoms with Crippen LogP contribution in [0.25, 0.3) is 0 Å². The lowest BCUT2D eigenvalue weighted by atomic mass is 10.1. The van der Waals surface area contributed by atoms with Gasteiger partial charge in [-0.3, -0.25) is 0 Å². The molecule has 0 nitrogen and oxygen atoms in total. The van der Waals surface area contributed by atoms with Gasteiger partial charge in [-0.1, -0.05) is 111 Å². The summed E-state index contributed by atoms with van der Waals surface area (Å²) in [7, 11) is 0. The SMILES string of the molecule is C1=CC=CC=CC=CCCCCCCCCC=CC=CC=C1. The molecule has 0 aromatic rings. The van der Waals surface area contributed by atoms with Crippen LogP contribution in [-0.2, 0) is 0 Å². The van der Waals surface area contributed by atoms with Crippen molar-refractivity contribution in [2.24, 2.45) is 0 Å². The number of hydrogen-bond acceptors (Lipinski definition) is 0. The Morgan fingerprint density at radius 2 is 0.545 bits per heavy atom. The van der Waals surface area contributed by atoms with Crippen LogP contribution in [0.5, 0.6) is 0 Å². The minimum absolute atomic E-state index is 1.20. The van der Waals surface area contributed by atoms with Crippen LogP contribution in [0.2, 0.25) is 0 Å². The quantitative estimate of drug-likeness (QED) is 0.450. The average Bonchev–Trinajstić information content (AvgIpc) is 2.53. The van der Waals surface area contributed by atoms with E-state index >= 15 is 0 Å². The molecule has 0 fully saturated rings. The van der Waals surface area contributed by atoms with E-state index in [0.717, 1.165) is 0 Å². The van der Waals surface area contributed by atoms with Gasteiger partial charge in [0.1, 0.15) is 0 Å².